The predicted octanol–water partition coefficient (Wildman–Crippen LogP) is 2.31. The van der Waals surface area contributed by atoms with Crippen molar-refractivity contribution in [1.29, 1.82) is 5.26 Å². The lowest BCUT2D eigenvalue weighted by Crippen LogP contribution is -2.33. The summed E-state index contributed by atoms with van der Waals surface area (Å²) in [6.45, 7) is -0.681. The van der Waals surface area contributed by atoms with E-state index >= 15 is 0 Å². The van der Waals surface area contributed by atoms with Crippen LogP contribution in [0.3, 0.4) is 0 Å². The van der Waals surface area contributed by atoms with E-state index in [0.717, 1.165) is 4.90 Å². The highest BCUT2D eigenvalue weighted by Gasteiger charge is 2.50. The Balaban J connectivity index is 1.91. The van der Waals surface area contributed by atoms with Crippen LogP contribution in [0.25, 0.3) is 0 Å². The molecular weight excluding hydrogens is 334 g/mol. The number of halogens is 2. The summed E-state index contributed by atoms with van der Waals surface area (Å²) in [5, 5.41) is 12.6. The van der Waals surface area contributed by atoms with Crippen LogP contribution in [0.2, 0.25) is 0 Å². The summed E-state index contributed by atoms with van der Waals surface area (Å²) in [5.74, 6) is -3.53. The zero-order valence-electron chi connectivity index (χ0n) is 13.3. The van der Waals surface area contributed by atoms with Gasteiger partial charge in [-0.05, 0) is 18.2 Å². The van der Waals surface area contributed by atoms with Crippen molar-refractivity contribution < 1.29 is 22.8 Å². The summed E-state index contributed by atoms with van der Waals surface area (Å²) in [6, 6.07) is 6.77. The SMILES string of the molecule is COCc1noc([C@@H]2CC(F)(F)CN2C(=O)c2cccc(C#N)c2)n1. The number of nitrogens with zero attached hydrogens (tertiary/aromatic N) is 4. The van der Waals surface area contributed by atoms with Crippen molar-refractivity contribution in [2.45, 2.75) is 25.0 Å². The summed E-state index contributed by atoms with van der Waals surface area (Å²) < 4.78 is 37.8. The second kappa shape index (κ2) is 6.57. The molecule has 0 bridgehead atoms. The number of hydrogen-bond donors (Lipinski definition) is 0. The van der Waals surface area contributed by atoms with E-state index in [4.69, 9.17) is 14.5 Å². The zero-order valence-corrected chi connectivity index (χ0v) is 13.3. The number of alkyl halides is 2. The number of likely N-dealkylation sites (tertiary alicyclic amines) is 1. The van der Waals surface area contributed by atoms with Gasteiger partial charge in [-0.2, -0.15) is 10.2 Å². The van der Waals surface area contributed by atoms with Gasteiger partial charge >= 0.3 is 0 Å². The molecule has 0 spiro atoms. The molecule has 3 rings (SSSR count). The second-order valence-corrected chi connectivity index (χ2v) is 5.68. The summed E-state index contributed by atoms with van der Waals surface area (Å²) in [4.78, 5) is 17.7. The van der Waals surface area contributed by atoms with Crippen LogP contribution in [0.1, 0.15) is 40.1 Å². The lowest BCUT2D eigenvalue weighted by atomic mass is 10.1. The van der Waals surface area contributed by atoms with Crippen molar-refractivity contribution in [3.8, 4) is 6.07 Å². The van der Waals surface area contributed by atoms with Gasteiger partial charge in [-0.3, -0.25) is 4.79 Å². The van der Waals surface area contributed by atoms with Gasteiger partial charge in [0.15, 0.2) is 5.82 Å². The number of rotatable bonds is 4. The molecule has 9 heteroatoms. The molecule has 0 N–H and O–H groups in total. The molecule has 0 aliphatic carbocycles. The molecule has 0 unspecified atom stereocenters. The van der Waals surface area contributed by atoms with Gasteiger partial charge in [0.25, 0.3) is 11.8 Å². The number of amides is 1. The normalized spacial score (nSPS) is 19.0. The number of hydrogen-bond acceptors (Lipinski definition) is 6. The average molecular weight is 348 g/mol. The van der Waals surface area contributed by atoms with E-state index in [0.29, 0.717) is 0 Å². The molecule has 1 aliphatic heterocycles. The van der Waals surface area contributed by atoms with Crippen LogP contribution in [0.15, 0.2) is 28.8 Å². The molecule has 1 atom stereocenters. The highest BCUT2D eigenvalue weighted by Crippen LogP contribution is 2.41. The van der Waals surface area contributed by atoms with Crippen LogP contribution in [-0.4, -0.2) is 40.5 Å². The van der Waals surface area contributed by atoms with E-state index in [1.807, 2.05) is 6.07 Å². The first-order chi connectivity index (χ1) is 11.9. The van der Waals surface area contributed by atoms with Crippen LogP contribution in [0.4, 0.5) is 8.78 Å². The number of benzene rings is 1. The summed E-state index contributed by atoms with van der Waals surface area (Å²) in [5.41, 5.74) is 0.423. The minimum absolute atomic E-state index is 0.0611. The lowest BCUT2D eigenvalue weighted by molar-refractivity contribution is 0.0117. The molecule has 1 fully saturated rings. The number of ether oxygens (including phenoxy) is 1. The van der Waals surface area contributed by atoms with E-state index in [2.05, 4.69) is 10.1 Å². The highest BCUT2D eigenvalue weighted by atomic mass is 19.3. The average Bonchev–Trinajstić information content (AvgIpc) is 3.18. The molecule has 25 heavy (non-hydrogen) atoms. The maximum Gasteiger partial charge on any atom is 0.267 e. The fourth-order valence-corrected chi connectivity index (χ4v) is 2.73. The number of methoxy groups -OCH3 is 1. The molecule has 2 aromatic rings. The topological polar surface area (TPSA) is 92.3 Å². The Morgan fingerprint density at radius 1 is 1.56 bits per heavy atom. The van der Waals surface area contributed by atoms with Gasteiger partial charge < -0.3 is 14.2 Å². The number of aromatic nitrogens is 2. The van der Waals surface area contributed by atoms with E-state index in [1.165, 1.54) is 31.4 Å². The summed E-state index contributed by atoms with van der Waals surface area (Å²) in [7, 11) is 1.44. The van der Waals surface area contributed by atoms with E-state index in [9.17, 15) is 13.6 Å². The largest absolute Gasteiger partial charge is 0.377 e. The fourth-order valence-electron chi connectivity index (χ4n) is 2.73. The number of nitriles is 1. The molecule has 1 aliphatic rings. The van der Waals surface area contributed by atoms with Gasteiger partial charge in [-0.1, -0.05) is 11.2 Å². The van der Waals surface area contributed by atoms with Crippen LogP contribution >= 0.6 is 0 Å². The Kier molecular flexibility index (Phi) is 4.46. The maximum atomic E-state index is 13.9. The second-order valence-electron chi connectivity index (χ2n) is 5.68. The van der Waals surface area contributed by atoms with E-state index < -0.39 is 30.8 Å². The van der Waals surface area contributed by atoms with Gasteiger partial charge in [0.1, 0.15) is 12.6 Å². The molecular formula is C16H14F2N4O3. The third-order valence-electron chi connectivity index (χ3n) is 3.81. The van der Waals surface area contributed by atoms with Crippen molar-refractivity contribution in [1.82, 2.24) is 15.0 Å². The molecule has 1 amide bonds. The first-order valence-electron chi connectivity index (χ1n) is 7.44. The van der Waals surface area contributed by atoms with Gasteiger partial charge in [-0.25, -0.2) is 8.78 Å². The Hall–Kier alpha value is -2.86. The Bertz CT molecular complexity index is 831. The van der Waals surface area contributed by atoms with Crippen molar-refractivity contribution in [3.05, 3.63) is 47.1 Å². The predicted molar refractivity (Wildman–Crippen MR) is 79.5 cm³/mol. The Morgan fingerprint density at radius 2 is 2.36 bits per heavy atom. The molecule has 2 heterocycles. The Morgan fingerprint density at radius 3 is 3.08 bits per heavy atom. The molecule has 1 aromatic carbocycles. The third kappa shape index (κ3) is 3.49. The first-order valence-corrected chi connectivity index (χ1v) is 7.44. The van der Waals surface area contributed by atoms with Gasteiger partial charge in [-0.15, -0.1) is 0 Å². The van der Waals surface area contributed by atoms with Crippen molar-refractivity contribution >= 4 is 5.91 Å². The van der Waals surface area contributed by atoms with E-state index in [1.54, 1.807) is 0 Å². The monoisotopic (exact) mass is 348 g/mol. The first kappa shape index (κ1) is 17.0. The van der Waals surface area contributed by atoms with E-state index in [-0.39, 0.29) is 29.4 Å². The van der Waals surface area contributed by atoms with Crippen LogP contribution < -0.4 is 0 Å². The molecule has 1 aromatic heterocycles. The number of carbonyl (C=O) groups excluding carboxylic acids is 1. The van der Waals surface area contributed by atoms with Gasteiger partial charge in [0.2, 0.25) is 5.89 Å². The maximum absolute atomic E-state index is 13.9. The van der Waals surface area contributed by atoms with Gasteiger partial charge in [0.05, 0.1) is 18.2 Å². The fraction of sp³-hybridized carbons (Fsp3) is 0.375. The standard InChI is InChI=1S/C16H14F2N4O3/c1-24-8-13-20-14(25-21-13)12-6-16(17,18)9-22(12)15(23)11-4-2-3-10(5-11)7-19/h2-5,12H,6,8-9H2,1H3/t12-/m0/s1. The molecule has 130 valence electrons. The van der Waals surface area contributed by atoms with Crippen molar-refractivity contribution in [2.75, 3.05) is 13.7 Å². The van der Waals surface area contributed by atoms with Crippen LogP contribution in [-0.2, 0) is 11.3 Å². The quantitative estimate of drug-likeness (QED) is 0.842. The lowest BCUT2D eigenvalue weighted by Gasteiger charge is -2.21. The molecule has 0 saturated carbocycles. The molecule has 0 radical (unpaired) electrons. The molecule has 1 saturated heterocycles. The zero-order chi connectivity index (χ0) is 18.0. The minimum atomic E-state index is -3.07. The Labute approximate surface area is 141 Å². The van der Waals surface area contributed by atoms with Crippen molar-refractivity contribution in [2.24, 2.45) is 0 Å². The van der Waals surface area contributed by atoms with Gasteiger partial charge in [0, 0.05) is 19.1 Å². The molecule has 7 nitrogen and oxygen atoms in total. The highest BCUT2D eigenvalue weighted by molar-refractivity contribution is 5.95. The number of carbonyl (C=O) groups is 1. The summed E-state index contributed by atoms with van der Waals surface area (Å²) in [6.07, 6.45) is -0.606. The third-order valence-corrected chi connectivity index (χ3v) is 3.81. The minimum Gasteiger partial charge on any atom is -0.377 e. The summed E-state index contributed by atoms with van der Waals surface area (Å²) >= 11 is 0. The van der Waals surface area contributed by atoms with Crippen LogP contribution in [0, 0.1) is 11.3 Å². The van der Waals surface area contributed by atoms with Crippen LogP contribution in [0.5, 0.6) is 0 Å². The smallest absolute Gasteiger partial charge is 0.267 e. The van der Waals surface area contributed by atoms with Crippen molar-refractivity contribution in [3.63, 3.8) is 0 Å².